The minimum Gasteiger partial charge on any atom is -0.480 e. The van der Waals surface area contributed by atoms with Gasteiger partial charge in [0, 0.05) is 6.54 Å². The lowest BCUT2D eigenvalue weighted by molar-refractivity contribution is -0.135. The first-order valence-electron chi connectivity index (χ1n) is 4.76. The van der Waals surface area contributed by atoms with E-state index in [-0.39, 0.29) is 6.54 Å². The molecule has 1 rings (SSSR count). The number of hydrogen-bond acceptors (Lipinski definition) is 5. The highest BCUT2D eigenvalue weighted by Crippen LogP contribution is 2.20. The maximum Gasteiger partial charge on any atom is 0.323 e. The molecule has 84 valence electrons. The normalized spacial score (nSPS) is 10.7. The Hall–Kier alpha value is -1.17. The van der Waals surface area contributed by atoms with E-state index in [0.29, 0.717) is 17.6 Å². The average molecular weight is 229 g/mol. The summed E-state index contributed by atoms with van der Waals surface area (Å²) in [6, 6.07) is 0. The number of nitrogens with zero attached hydrogens (tertiary/aromatic N) is 3. The number of carbonyl (C=O) groups is 1. The Morgan fingerprint density at radius 1 is 1.53 bits per heavy atom. The third-order valence-electron chi connectivity index (χ3n) is 1.70. The van der Waals surface area contributed by atoms with Crippen LogP contribution in [0.5, 0.6) is 0 Å². The highest BCUT2D eigenvalue weighted by molar-refractivity contribution is 7.15. The van der Waals surface area contributed by atoms with Crippen molar-refractivity contribution in [3.05, 3.63) is 5.01 Å². The molecule has 15 heavy (non-hydrogen) atoms. The van der Waals surface area contributed by atoms with Crippen LogP contribution in [0.25, 0.3) is 0 Å². The highest BCUT2D eigenvalue weighted by atomic mass is 32.1. The molecule has 1 aromatic heterocycles. The molecule has 0 radical (unpaired) electrons. The summed E-state index contributed by atoms with van der Waals surface area (Å²) in [5.74, 6) is -0.447. The zero-order valence-electron chi connectivity index (χ0n) is 9.10. The summed E-state index contributed by atoms with van der Waals surface area (Å²) in [4.78, 5) is 12.4. The molecule has 0 aliphatic rings. The van der Waals surface area contributed by atoms with Gasteiger partial charge in [-0.05, 0) is 12.8 Å². The van der Waals surface area contributed by atoms with E-state index < -0.39 is 5.97 Å². The lowest BCUT2D eigenvalue weighted by atomic mass is 10.2. The van der Waals surface area contributed by atoms with Crippen molar-refractivity contribution in [2.24, 2.45) is 5.92 Å². The van der Waals surface area contributed by atoms with Crippen LogP contribution in [0.4, 0.5) is 5.13 Å². The Balaban J connectivity index is 2.75. The van der Waals surface area contributed by atoms with Crippen LogP contribution in [-0.2, 0) is 4.79 Å². The molecule has 6 heteroatoms. The zero-order chi connectivity index (χ0) is 11.4. The van der Waals surface area contributed by atoms with Crippen molar-refractivity contribution >= 4 is 22.4 Å². The fourth-order valence-corrected chi connectivity index (χ4v) is 1.92. The van der Waals surface area contributed by atoms with E-state index in [9.17, 15) is 4.79 Å². The molecule has 0 atom stereocenters. The van der Waals surface area contributed by atoms with Gasteiger partial charge in [0.15, 0.2) is 0 Å². The van der Waals surface area contributed by atoms with Crippen LogP contribution in [0.1, 0.15) is 18.9 Å². The van der Waals surface area contributed by atoms with Crippen molar-refractivity contribution in [3.63, 3.8) is 0 Å². The Kier molecular flexibility index (Phi) is 4.02. The van der Waals surface area contributed by atoms with Crippen LogP contribution in [0, 0.1) is 12.8 Å². The Labute approximate surface area is 92.7 Å². The van der Waals surface area contributed by atoms with E-state index in [4.69, 9.17) is 5.11 Å². The second-order valence-electron chi connectivity index (χ2n) is 3.77. The quantitative estimate of drug-likeness (QED) is 0.826. The molecule has 5 nitrogen and oxygen atoms in total. The van der Waals surface area contributed by atoms with Gasteiger partial charge in [0.25, 0.3) is 0 Å². The molecule has 0 aliphatic carbocycles. The summed E-state index contributed by atoms with van der Waals surface area (Å²) in [5.41, 5.74) is 0. The maximum absolute atomic E-state index is 10.7. The number of carboxylic acids is 1. The number of hydrogen-bond donors (Lipinski definition) is 1. The van der Waals surface area contributed by atoms with Gasteiger partial charge in [-0.1, -0.05) is 25.2 Å². The summed E-state index contributed by atoms with van der Waals surface area (Å²) in [6.07, 6.45) is 0. The van der Waals surface area contributed by atoms with Crippen LogP contribution in [0.3, 0.4) is 0 Å². The molecular weight excluding hydrogens is 214 g/mol. The predicted molar refractivity (Wildman–Crippen MR) is 59.3 cm³/mol. The minimum absolute atomic E-state index is 0.0210. The van der Waals surface area contributed by atoms with Gasteiger partial charge in [-0.25, -0.2) is 0 Å². The SMILES string of the molecule is Cc1nnc(N(CC(=O)O)CC(C)C)s1. The molecule has 0 saturated carbocycles. The predicted octanol–water partition coefficient (Wildman–Crippen LogP) is 1.39. The van der Waals surface area contributed by atoms with Crippen LogP contribution in [0.2, 0.25) is 0 Å². The largest absolute Gasteiger partial charge is 0.480 e. The molecule has 0 saturated heterocycles. The molecule has 0 bridgehead atoms. The Bertz CT molecular complexity index is 338. The molecule has 0 aliphatic heterocycles. The van der Waals surface area contributed by atoms with E-state index in [1.807, 2.05) is 20.8 Å². The molecular formula is C9H15N3O2S. The zero-order valence-corrected chi connectivity index (χ0v) is 9.91. The lowest BCUT2D eigenvalue weighted by Gasteiger charge is -2.20. The standard InChI is InChI=1S/C9H15N3O2S/c1-6(2)4-12(5-8(13)14)9-11-10-7(3)15-9/h6H,4-5H2,1-3H3,(H,13,14). The second kappa shape index (κ2) is 5.06. The number of rotatable bonds is 5. The molecule has 0 unspecified atom stereocenters. The van der Waals surface area contributed by atoms with E-state index in [0.717, 1.165) is 5.01 Å². The van der Waals surface area contributed by atoms with E-state index in [1.165, 1.54) is 11.3 Å². The number of anilines is 1. The molecule has 0 fully saturated rings. The molecule has 1 aromatic rings. The van der Waals surface area contributed by atoms with E-state index in [2.05, 4.69) is 10.2 Å². The van der Waals surface area contributed by atoms with Crippen LogP contribution < -0.4 is 4.90 Å². The summed E-state index contributed by atoms with van der Waals surface area (Å²) in [7, 11) is 0. The smallest absolute Gasteiger partial charge is 0.323 e. The van der Waals surface area contributed by atoms with Crippen molar-refractivity contribution < 1.29 is 9.90 Å². The van der Waals surface area contributed by atoms with Crippen molar-refractivity contribution in [2.75, 3.05) is 18.0 Å². The molecule has 0 spiro atoms. The van der Waals surface area contributed by atoms with Crippen LogP contribution in [-0.4, -0.2) is 34.4 Å². The van der Waals surface area contributed by atoms with Crippen molar-refractivity contribution in [1.82, 2.24) is 10.2 Å². The molecule has 0 aromatic carbocycles. The summed E-state index contributed by atoms with van der Waals surface area (Å²) in [6.45, 7) is 6.61. The van der Waals surface area contributed by atoms with Gasteiger partial charge in [-0.2, -0.15) is 0 Å². The topological polar surface area (TPSA) is 66.3 Å². The van der Waals surface area contributed by atoms with E-state index >= 15 is 0 Å². The van der Waals surface area contributed by atoms with Crippen LogP contribution in [0.15, 0.2) is 0 Å². The van der Waals surface area contributed by atoms with Gasteiger partial charge < -0.3 is 10.0 Å². The summed E-state index contributed by atoms with van der Waals surface area (Å²) >= 11 is 1.42. The van der Waals surface area contributed by atoms with Crippen molar-refractivity contribution in [3.8, 4) is 0 Å². The van der Waals surface area contributed by atoms with Gasteiger partial charge in [0.1, 0.15) is 11.6 Å². The monoisotopic (exact) mass is 229 g/mol. The summed E-state index contributed by atoms with van der Waals surface area (Å²) in [5, 5.41) is 18.2. The minimum atomic E-state index is -0.844. The number of carboxylic acid groups (broad SMARTS) is 1. The van der Waals surface area contributed by atoms with Gasteiger partial charge >= 0.3 is 5.97 Å². The Morgan fingerprint density at radius 2 is 2.20 bits per heavy atom. The number of aryl methyl sites for hydroxylation is 1. The van der Waals surface area contributed by atoms with Crippen LogP contribution >= 0.6 is 11.3 Å². The first-order valence-corrected chi connectivity index (χ1v) is 5.57. The number of aliphatic carboxylic acids is 1. The second-order valence-corrected chi connectivity index (χ2v) is 4.93. The van der Waals surface area contributed by atoms with Gasteiger partial charge in [-0.15, -0.1) is 10.2 Å². The lowest BCUT2D eigenvalue weighted by Crippen LogP contribution is -2.32. The third kappa shape index (κ3) is 3.83. The fraction of sp³-hybridized carbons (Fsp3) is 0.667. The average Bonchev–Trinajstić information content (AvgIpc) is 2.48. The van der Waals surface area contributed by atoms with Gasteiger partial charge in [0.2, 0.25) is 5.13 Å². The highest BCUT2D eigenvalue weighted by Gasteiger charge is 2.15. The van der Waals surface area contributed by atoms with Crippen molar-refractivity contribution in [1.29, 1.82) is 0 Å². The van der Waals surface area contributed by atoms with Gasteiger partial charge in [0.05, 0.1) is 0 Å². The third-order valence-corrected chi connectivity index (χ3v) is 2.60. The molecule has 0 amide bonds. The Morgan fingerprint density at radius 3 is 2.60 bits per heavy atom. The molecule has 1 N–H and O–H groups in total. The number of aromatic nitrogens is 2. The summed E-state index contributed by atoms with van der Waals surface area (Å²) < 4.78 is 0. The van der Waals surface area contributed by atoms with E-state index in [1.54, 1.807) is 4.90 Å². The fourth-order valence-electron chi connectivity index (χ4n) is 1.23. The first kappa shape index (κ1) is 11.9. The van der Waals surface area contributed by atoms with Crippen molar-refractivity contribution in [2.45, 2.75) is 20.8 Å². The molecule has 1 heterocycles. The maximum atomic E-state index is 10.7. The van der Waals surface area contributed by atoms with Gasteiger partial charge in [-0.3, -0.25) is 4.79 Å². The first-order chi connectivity index (χ1) is 6.99.